The number of hydrogen-bond donors (Lipinski definition) is 2. The molecule has 0 amide bonds. The van der Waals surface area contributed by atoms with Gasteiger partial charge in [-0.15, -0.1) is 0 Å². The van der Waals surface area contributed by atoms with Gasteiger partial charge in [0.15, 0.2) is 0 Å². The molecule has 2 heterocycles. The van der Waals surface area contributed by atoms with E-state index in [1.807, 2.05) is 55.4 Å². The van der Waals surface area contributed by atoms with Crippen molar-refractivity contribution < 1.29 is 29.5 Å². The Hall–Kier alpha value is -1.22. The van der Waals surface area contributed by atoms with Crippen LogP contribution in [0.3, 0.4) is 0 Å². The summed E-state index contributed by atoms with van der Waals surface area (Å²) in [4.78, 5) is 25.0. The summed E-state index contributed by atoms with van der Waals surface area (Å²) in [5, 5.41) is 23.3. The SMILES string of the molecule is CC1(C)CC(C(=O)OCCCCCCCOC(=O)C2CC(C)(C)N(O)C2(C)C)C(C)(C)N1O. The molecule has 2 aliphatic rings. The van der Waals surface area contributed by atoms with Crippen LogP contribution in [0.15, 0.2) is 0 Å². The van der Waals surface area contributed by atoms with Crippen LogP contribution in [0.1, 0.15) is 100 Å². The van der Waals surface area contributed by atoms with E-state index >= 15 is 0 Å². The second-order valence-electron chi connectivity index (χ2n) is 12.2. The largest absolute Gasteiger partial charge is 0.465 e. The molecule has 2 fully saturated rings. The highest BCUT2D eigenvalue weighted by atomic mass is 16.5. The summed E-state index contributed by atoms with van der Waals surface area (Å²) in [6, 6.07) is 0. The molecule has 2 rings (SSSR count). The Morgan fingerprint density at radius 1 is 0.667 bits per heavy atom. The molecule has 2 unspecified atom stereocenters. The van der Waals surface area contributed by atoms with Crippen LogP contribution < -0.4 is 0 Å². The molecule has 0 spiro atoms. The highest BCUT2D eigenvalue weighted by molar-refractivity contribution is 5.75. The first-order chi connectivity index (χ1) is 15.0. The second kappa shape index (κ2) is 10.2. The van der Waals surface area contributed by atoms with E-state index < -0.39 is 22.2 Å². The molecule has 0 bridgehead atoms. The van der Waals surface area contributed by atoms with Gasteiger partial charge in [-0.1, -0.05) is 19.3 Å². The van der Waals surface area contributed by atoms with Gasteiger partial charge in [0.25, 0.3) is 0 Å². The Morgan fingerprint density at radius 3 is 1.24 bits per heavy atom. The molecule has 2 atom stereocenters. The minimum absolute atomic E-state index is 0.240. The zero-order chi connectivity index (χ0) is 25.2. The lowest BCUT2D eigenvalue weighted by molar-refractivity contribution is -0.200. The first-order valence-electron chi connectivity index (χ1n) is 12.4. The van der Waals surface area contributed by atoms with Crippen LogP contribution in [0.5, 0.6) is 0 Å². The van der Waals surface area contributed by atoms with E-state index in [0.717, 1.165) is 32.1 Å². The third-order valence-corrected chi connectivity index (χ3v) is 7.70. The van der Waals surface area contributed by atoms with Crippen molar-refractivity contribution in [3.8, 4) is 0 Å². The van der Waals surface area contributed by atoms with Gasteiger partial charge in [0.05, 0.1) is 36.1 Å². The molecule has 0 saturated carbocycles. The predicted octanol–water partition coefficient (Wildman–Crippen LogP) is 4.56. The van der Waals surface area contributed by atoms with Crippen molar-refractivity contribution >= 4 is 11.9 Å². The fourth-order valence-corrected chi connectivity index (χ4v) is 5.55. The van der Waals surface area contributed by atoms with Gasteiger partial charge in [-0.25, -0.2) is 0 Å². The molecule has 2 N–H and O–H groups in total. The number of carbonyl (C=O) groups is 2. The first kappa shape index (κ1) is 28.0. The van der Waals surface area contributed by atoms with Crippen molar-refractivity contribution in [3.05, 3.63) is 0 Å². The molecule has 0 aromatic carbocycles. The average Bonchev–Trinajstić information content (AvgIpc) is 2.99. The molecule has 8 heteroatoms. The number of hydroxylamine groups is 4. The quantitative estimate of drug-likeness (QED) is 0.354. The summed E-state index contributed by atoms with van der Waals surface area (Å²) in [5.41, 5.74) is -2.18. The number of esters is 2. The zero-order valence-electron chi connectivity index (χ0n) is 21.9. The summed E-state index contributed by atoms with van der Waals surface area (Å²) in [6.45, 7) is 16.0. The number of hydrogen-bond acceptors (Lipinski definition) is 8. The average molecular weight is 471 g/mol. The van der Waals surface area contributed by atoms with Gasteiger partial charge in [-0.2, -0.15) is 10.1 Å². The Bertz CT molecular complexity index is 645. The first-order valence-corrected chi connectivity index (χ1v) is 12.4. The second-order valence-corrected chi connectivity index (χ2v) is 12.2. The topological polar surface area (TPSA) is 99.5 Å². The van der Waals surface area contributed by atoms with Crippen molar-refractivity contribution in [2.24, 2.45) is 11.8 Å². The van der Waals surface area contributed by atoms with Gasteiger partial charge < -0.3 is 19.9 Å². The van der Waals surface area contributed by atoms with Crippen molar-refractivity contribution in [1.29, 1.82) is 0 Å². The van der Waals surface area contributed by atoms with Crippen LogP contribution in [0.2, 0.25) is 0 Å². The molecular formula is C25H46N2O6. The standard InChI is InChI=1S/C25H46N2O6/c1-22(2)16-18(24(5,6)26(22)30)20(28)32-14-12-10-9-11-13-15-33-21(29)19-17-23(3,4)27(31)25(19,7)8/h18-19,30-31H,9-17H2,1-8H3. The Labute approximate surface area is 199 Å². The van der Waals surface area contributed by atoms with E-state index in [2.05, 4.69) is 0 Å². The predicted molar refractivity (Wildman–Crippen MR) is 125 cm³/mol. The van der Waals surface area contributed by atoms with Crippen LogP contribution in [0, 0.1) is 11.8 Å². The lowest BCUT2D eigenvalue weighted by Crippen LogP contribution is -2.48. The van der Waals surface area contributed by atoms with E-state index in [1.165, 1.54) is 10.1 Å². The zero-order valence-corrected chi connectivity index (χ0v) is 21.9. The smallest absolute Gasteiger partial charge is 0.310 e. The van der Waals surface area contributed by atoms with Crippen LogP contribution in [-0.2, 0) is 19.1 Å². The van der Waals surface area contributed by atoms with Gasteiger partial charge in [-0.05, 0) is 81.1 Å². The molecule has 0 aliphatic carbocycles. The van der Waals surface area contributed by atoms with Crippen LogP contribution in [0.25, 0.3) is 0 Å². The normalized spacial score (nSPS) is 28.1. The number of nitrogens with zero attached hydrogens (tertiary/aromatic N) is 2. The molecular weight excluding hydrogens is 424 g/mol. The van der Waals surface area contributed by atoms with Gasteiger partial charge in [-0.3, -0.25) is 9.59 Å². The van der Waals surface area contributed by atoms with E-state index in [4.69, 9.17) is 9.47 Å². The Balaban J connectivity index is 1.57. The third kappa shape index (κ3) is 6.08. The number of ether oxygens (including phenoxy) is 2. The van der Waals surface area contributed by atoms with Gasteiger partial charge in [0.1, 0.15) is 0 Å². The maximum atomic E-state index is 12.5. The number of unbranched alkanes of at least 4 members (excludes halogenated alkanes) is 4. The van der Waals surface area contributed by atoms with Gasteiger partial charge in [0, 0.05) is 11.1 Å². The summed E-state index contributed by atoms with van der Waals surface area (Å²) in [6.07, 6.45) is 5.59. The van der Waals surface area contributed by atoms with E-state index in [0.29, 0.717) is 26.1 Å². The molecule has 33 heavy (non-hydrogen) atoms. The molecule has 2 aliphatic heterocycles. The lowest BCUT2D eigenvalue weighted by atomic mass is 9.87. The van der Waals surface area contributed by atoms with Crippen molar-refractivity contribution in [2.45, 2.75) is 122 Å². The Morgan fingerprint density at radius 2 is 0.970 bits per heavy atom. The number of rotatable bonds is 10. The molecule has 192 valence electrons. The van der Waals surface area contributed by atoms with E-state index in [-0.39, 0.29) is 23.8 Å². The summed E-state index contributed by atoms with van der Waals surface area (Å²) in [7, 11) is 0. The summed E-state index contributed by atoms with van der Waals surface area (Å²) >= 11 is 0. The van der Waals surface area contributed by atoms with Crippen molar-refractivity contribution in [1.82, 2.24) is 10.1 Å². The highest BCUT2D eigenvalue weighted by Gasteiger charge is 2.55. The monoisotopic (exact) mass is 470 g/mol. The summed E-state index contributed by atoms with van der Waals surface area (Å²) in [5.74, 6) is -1.17. The van der Waals surface area contributed by atoms with Crippen molar-refractivity contribution in [2.75, 3.05) is 13.2 Å². The minimum Gasteiger partial charge on any atom is -0.465 e. The molecule has 0 aromatic rings. The fraction of sp³-hybridized carbons (Fsp3) is 0.920. The number of carbonyl (C=O) groups excluding carboxylic acids is 2. The Kier molecular flexibility index (Phi) is 8.64. The fourth-order valence-electron chi connectivity index (χ4n) is 5.55. The third-order valence-electron chi connectivity index (χ3n) is 7.70. The summed E-state index contributed by atoms with van der Waals surface area (Å²) < 4.78 is 11.0. The highest BCUT2D eigenvalue weighted by Crippen LogP contribution is 2.45. The van der Waals surface area contributed by atoms with Crippen molar-refractivity contribution in [3.63, 3.8) is 0 Å². The maximum Gasteiger partial charge on any atom is 0.310 e. The van der Waals surface area contributed by atoms with Gasteiger partial charge >= 0.3 is 11.9 Å². The van der Waals surface area contributed by atoms with E-state index in [9.17, 15) is 20.0 Å². The molecule has 0 radical (unpaired) electrons. The van der Waals surface area contributed by atoms with Crippen LogP contribution in [0.4, 0.5) is 0 Å². The van der Waals surface area contributed by atoms with Crippen LogP contribution in [-0.4, -0.2) is 67.8 Å². The molecule has 0 aromatic heterocycles. The minimum atomic E-state index is -0.642. The maximum absolute atomic E-state index is 12.5. The van der Waals surface area contributed by atoms with E-state index in [1.54, 1.807) is 0 Å². The van der Waals surface area contributed by atoms with Crippen LogP contribution >= 0.6 is 0 Å². The molecule has 2 saturated heterocycles. The molecule has 8 nitrogen and oxygen atoms in total. The lowest BCUT2D eigenvalue weighted by Gasteiger charge is -2.35. The van der Waals surface area contributed by atoms with Gasteiger partial charge in [0.2, 0.25) is 0 Å².